The number of aliphatic hydroxyl groups excluding tert-OH is 1. The summed E-state index contributed by atoms with van der Waals surface area (Å²) in [5, 5.41) is 8.58. The maximum atomic E-state index is 8.58. The number of rotatable bonds is 3. The highest BCUT2D eigenvalue weighted by molar-refractivity contribution is 5.85. The van der Waals surface area contributed by atoms with Gasteiger partial charge in [-0.05, 0) is 14.1 Å². The number of aliphatic hydroxyl groups is 1. The van der Waals surface area contributed by atoms with Gasteiger partial charge < -0.3 is 10.0 Å². The summed E-state index contributed by atoms with van der Waals surface area (Å²) < 4.78 is 0. The highest BCUT2D eigenvalue weighted by Gasteiger charge is 2.01. The molecule has 0 saturated heterocycles. The first-order valence-electron chi connectivity index (χ1n) is 2.62. The van der Waals surface area contributed by atoms with Crippen molar-refractivity contribution in [2.24, 2.45) is 0 Å². The second-order valence-electron chi connectivity index (χ2n) is 1.95. The van der Waals surface area contributed by atoms with Gasteiger partial charge >= 0.3 is 0 Å². The summed E-state index contributed by atoms with van der Waals surface area (Å²) in [6.07, 6.45) is 1.72. The third-order valence-corrected chi connectivity index (χ3v) is 1.12. The van der Waals surface area contributed by atoms with Crippen LogP contribution in [0.3, 0.4) is 0 Å². The molecule has 0 aliphatic carbocycles. The molecule has 0 aliphatic heterocycles. The van der Waals surface area contributed by atoms with Crippen LogP contribution in [0, 0.1) is 0 Å². The maximum absolute atomic E-state index is 8.58. The molecule has 0 aromatic rings. The summed E-state index contributed by atoms with van der Waals surface area (Å²) in [5.74, 6) is 0. The van der Waals surface area contributed by atoms with Gasteiger partial charge in [-0.3, -0.25) is 0 Å². The zero-order valence-electron chi connectivity index (χ0n) is 5.87. The average molecular weight is 152 g/mol. The van der Waals surface area contributed by atoms with Gasteiger partial charge in [0.25, 0.3) is 0 Å². The predicted molar refractivity (Wildman–Crippen MR) is 42.0 cm³/mol. The quantitative estimate of drug-likeness (QED) is 0.595. The molecule has 1 atom stereocenters. The molecule has 0 aliphatic rings. The van der Waals surface area contributed by atoms with Gasteiger partial charge in [0.15, 0.2) is 0 Å². The van der Waals surface area contributed by atoms with Crippen LogP contribution in [0.25, 0.3) is 0 Å². The van der Waals surface area contributed by atoms with Crippen LogP contribution in [0.4, 0.5) is 0 Å². The van der Waals surface area contributed by atoms with Gasteiger partial charge in [-0.25, -0.2) is 0 Å². The van der Waals surface area contributed by atoms with E-state index in [1.54, 1.807) is 6.08 Å². The summed E-state index contributed by atoms with van der Waals surface area (Å²) in [6, 6.07) is 0.106. The molecular formula is C6H14ClNO. The molecule has 0 heterocycles. The summed E-state index contributed by atoms with van der Waals surface area (Å²) in [4.78, 5) is 1.91. The zero-order valence-corrected chi connectivity index (χ0v) is 6.69. The van der Waals surface area contributed by atoms with Crippen LogP contribution in [-0.2, 0) is 0 Å². The van der Waals surface area contributed by atoms with Crippen LogP contribution in [0.1, 0.15) is 0 Å². The maximum Gasteiger partial charge on any atom is 0.0622 e. The fourth-order valence-electron chi connectivity index (χ4n) is 0.449. The largest absolute Gasteiger partial charge is 0.394 e. The Balaban J connectivity index is 0. The lowest BCUT2D eigenvalue weighted by Gasteiger charge is -2.16. The van der Waals surface area contributed by atoms with Gasteiger partial charge in [0, 0.05) is 0 Å². The number of halogens is 1. The van der Waals surface area contributed by atoms with Crippen LogP contribution in [0.15, 0.2) is 12.7 Å². The predicted octanol–water partition coefficient (Wildman–Crippen LogP) is 0.517. The number of nitrogens with zero attached hydrogens (tertiary/aromatic N) is 1. The molecule has 0 radical (unpaired) electrons. The van der Waals surface area contributed by atoms with Crippen molar-refractivity contribution in [2.75, 3.05) is 20.7 Å². The molecular weight excluding hydrogens is 138 g/mol. The lowest BCUT2D eigenvalue weighted by atomic mass is 10.3. The lowest BCUT2D eigenvalue weighted by Crippen LogP contribution is -2.28. The fourth-order valence-corrected chi connectivity index (χ4v) is 0.449. The highest BCUT2D eigenvalue weighted by Crippen LogP contribution is 1.90. The molecule has 1 unspecified atom stereocenters. The Kier molecular flexibility index (Phi) is 7.91. The Morgan fingerprint density at radius 2 is 2.11 bits per heavy atom. The van der Waals surface area contributed by atoms with Crippen molar-refractivity contribution < 1.29 is 5.11 Å². The van der Waals surface area contributed by atoms with Gasteiger partial charge in [0.1, 0.15) is 0 Å². The normalized spacial score (nSPS) is 12.4. The molecule has 9 heavy (non-hydrogen) atoms. The molecule has 0 bridgehead atoms. The van der Waals surface area contributed by atoms with Crippen molar-refractivity contribution in [2.45, 2.75) is 6.04 Å². The molecule has 0 amide bonds. The molecule has 3 heteroatoms. The molecule has 56 valence electrons. The van der Waals surface area contributed by atoms with Gasteiger partial charge in [-0.2, -0.15) is 0 Å². The first-order valence-corrected chi connectivity index (χ1v) is 2.62. The van der Waals surface area contributed by atoms with E-state index < -0.39 is 0 Å². The first-order chi connectivity index (χ1) is 3.72. The van der Waals surface area contributed by atoms with E-state index in [2.05, 4.69) is 6.58 Å². The molecule has 1 N–H and O–H groups in total. The third-order valence-electron chi connectivity index (χ3n) is 1.12. The minimum atomic E-state index is 0. The molecule has 0 saturated carbocycles. The zero-order chi connectivity index (χ0) is 6.57. The van der Waals surface area contributed by atoms with Crippen LogP contribution in [-0.4, -0.2) is 36.8 Å². The van der Waals surface area contributed by atoms with E-state index in [1.807, 2.05) is 19.0 Å². The van der Waals surface area contributed by atoms with Crippen LogP contribution in [0.2, 0.25) is 0 Å². The van der Waals surface area contributed by atoms with E-state index in [-0.39, 0.29) is 25.1 Å². The Morgan fingerprint density at radius 1 is 1.67 bits per heavy atom. The average Bonchev–Trinajstić information content (AvgIpc) is 1.69. The van der Waals surface area contributed by atoms with E-state index in [0.29, 0.717) is 0 Å². The van der Waals surface area contributed by atoms with E-state index in [9.17, 15) is 0 Å². The first kappa shape index (κ1) is 11.7. The fraction of sp³-hybridized carbons (Fsp3) is 0.667. The summed E-state index contributed by atoms with van der Waals surface area (Å²) in [7, 11) is 3.81. The number of hydrogen-bond donors (Lipinski definition) is 1. The van der Waals surface area contributed by atoms with Gasteiger partial charge in [0.2, 0.25) is 0 Å². The van der Waals surface area contributed by atoms with Crippen molar-refractivity contribution >= 4 is 12.4 Å². The molecule has 0 spiro atoms. The third kappa shape index (κ3) is 4.45. The van der Waals surface area contributed by atoms with Gasteiger partial charge in [-0.1, -0.05) is 6.08 Å². The van der Waals surface area contributed by atoms with Crippen molar-refractivity contribution in [1.82, 2.24) is 4.90 Å². The van der Waals surface area contributed by atoms with Crippen molar-refractivity contribution in [3.05, 3.63) is 12.7 Å². The number of hydrogen-bond acceptors (Lipinski definition) is 2. The number of likely N-dealkylation sites (N-methyl/N-ethyl adjacent to an activating group) is 1. The Hall–Kier alpha value is -0.0500. The van der Waals surface area contributed by atoms with E-state index in [0.717, 1.165) is 0 Å². The SMILES string of the molecule is C=CC(CO)N(C)C.Cl. The van der Waals surface area contributed by atoms with Gasteiger partial charge in [0.05, 0.1) is 12.6 Å². The standard InChI is InChI=1S/C6H13NO.ClH/c1-4-6(5-8)7(2)3;/h4,6,8H,1,5H2,2-3H3;1H. The lowest BCUT2D eigenvalue weighted by molar-refractivity contribution is 0.200. The van der Waals surface area contributed by atoms with E-state index >= 15 is 0 Å². The topological polar surface area (TPSA) is 23.5 Å². The molecule has 0 rings (SSSR count). The molecule has 0 aromatic heterocycles. The minimum absolute atomic E-state index is 0. The van der Waals surface area contributed by atoms with Crippen molar-refractivity contribution in [3.8, 4) is 0 Å². The molecule has 0 fully saturated rings. The second kappa shape index (κ2) is 6.08. The summed E-state index contributed by atoms with van der Waals surface area (Å²) >= 11 is 0. The second-order valence-corrected chi connectivity index (χ2v) is 1.95. The Bertz CT molecular complexity index is 75.5. The van der Waals surface area contributed by atoms with Crippen molar-refractivity contribution in [1.29, 1.82) is 0 Å². The van der Waals surface area contributed by atoms with Crippen LogP contribution < -0.4 is 0 Å². The van der Waals surface area contributed by atoms with Crippen LogP contribution >= 0.6 is 12.4 Å². The highest BCUT2D eigenvalue weighted by atomic mass is 35.5. The molecule has 2 nitrogen and oxygen atoms in total. The summed E-state index contributed by atoms with van der Waals surface area (Å²) in [6.45, 7) is 3.70. The minimum Gasteiger partial charge on any atom is -0.394 e. The Labute approximate surface area is 62.6 Å². The van der Waals surface area contributed by atoms with Gasteiger partial charge in [-0.15, -0.1) is 19.0 Å². The van der Waals surface area contributed by atoms with E-state index in [4.69, 9.17) is 5.11 Å². The Morgan fingerprint density at radius 3 is 2.11 bits per heavy atom. The smallest absolute Gasteiger partial charge is 0.0622 e. The van der Waals surface area contributed by atoms with Crippen molar-refractivity contribution in [3.63, 3.8) is 0 Å². The van der Waals surface area contributed by atoms with E-state index in [1.165, 1.54) is 0 Å². The summed E-state index contributed by atoms with van der Waals surface area (Å²) in [5.41, 5.74) is 0. The van der Waals surface area contributed by atoms with Crippen LogP contribution in [0.5, 0.6) is 0 Å². The monoisotopic (exact) mass is 151 g/mol. The molecule has 0 aromatic carbocycles.